The molecule has 0 saturated carbocycles. The van der Waals surface area contributed by atoms with Crippen LogP contribution in [0.3, 0.4) is 0 Å². The fourth-order valence-corrected chi connectivity index (χ4v) is 2.66. The molecule has 6 nitrogen and oxygen atoms in total. The average molecular weight is 332 g/mol. The summed E-state index contributed by atoms with van der Waals surface area (Å²) in [6.07, 6.45) is 0.867. The molecular weight excluding hydrogens is 317 g/mol. The normalized spacial score (nSPS) is 16.6. The van der Waals surface area contributed by atoms with Crippen LogP contribution in [0.4, 0.5) is 5.69 Å². The smallest absolute Gasteiger partial charge is 0.290 e. The molecule has 1 fully saturated rings. The van der Waals surface area contributed by atoms with Crippen molar-refractivity contribution in [2.24, 2.45) is 0 Å². The largest absolute Gasteiger partial charge is 0.337 e. The molecule has 0 unspecified atom stereocenters. The van der Waals surface area contributed by atoms with Gasteiger partial charge in [-0.3, -0.25) is 14.9 Å². The number of halogens is 2. The van der Waals surface area contributed by atoms with Crippen LogP contribution in [0.2, 0.25) is 10.0 Å². The van der Waals surface area contributed by atoms with Gasteiger partial charge < -0.3 is 9.80 Å². The molecule has 0 bridgehead atoms. The first-order valence-electron chi connectivity index (χ1n) is 6.51. The topological polar surface area (TPSA) is 66.7 Å². The Kier molecular flexibility index (Phi) is 5.03. The highest BCUT2D eigenvalue weighted by Gasteiger charge is 2.24. The second-order valence-corrected chi connectivity index (χ2v) is 5.78. The highest BCUT2D eigenvalue weighted by Crippen LogP contribution is 2.33. The van der Waals surface area contributed by atoms with Crippen molar-refractivity contribution < 1.29 is 9.72 Å². The van der Waals surface area contributed by atoms with E-state index in [0.29, 0.717) is 13.1 Å². The van der Waals surface area contributed by atoms with Crippen molar-refractivity contribution in [3.63, 3.8) is 0 Å². The molecule has 8 heteroatoms. The van der Waals surface area contributed by atoms with Crippen LogP contribution in [-0.4, -0.2) is 53.9 Å². The van der Waals surface area contributed by atoms with Gasteiger partial charge in [0.1, 0.15) is 5.02 Å². The standard InChI is InChI=1S/C13H15Cl2N3O3/c1-16-3-2-4-17(6-5-16)13(19)9-7-10(14)12(15)11(8-9)18(20)21/h7-8H,2-6H2,1H3. The van der Waals surface area contributed by atoms with Gasteiger partial charge in [-0.05, 0) is 26.1 Å². The van der Waals surface area contributed by atoms with E-state index in [0.717, 1.165) is 19.5 Å². The van der Waals surface area contributed by atoms with Gasteiger partial charge in [-0.25, -0.2) is 0 Å². The van der Waals surface area contributed by atoms with Gasteiger partial charge in [-0.1, -0.05) is 23.2 Å². The lowest BCUT2D eigenvalue weighted by molar-refractivity contribution is -0.384. The van der Waals surface area contributed by atoms with Gasteiger partial charge >= 0.3 is 0 Å². The fraction of sp³-hybridized carbons (Fsp3) is 0.462. The molecule has 0 aliphatic carbocycles. The number of carbonyl (C=O) groups is 1. The summed E-state index contributed by atoms with van der Waals surface area (Å²) in [6.45, 7) is 2.90. The second-order valence-electron chi connectivity index (χ2n) is 5.00. The molecule has 1 saturated heterocycles. The third kappa shape index (κ3) is 3.64. The number of carbonyl (C=O) groups excluding carboxylic acids is 1. The molecule has 0 spiro atoms. The summed E-state index contributed by atoms with van der Waals surface area (Å²) in [6, 6.07) is 2.57. The monoisotopic (exact) mass is 331 g/mol. The highest BCUT2D eigenvalue weighted by atomic mass is 35.5. The Morgan fingerprint density at radius 3 is 2.62 bits per heavy atom. The molecule has 0 atom stereocenters. The number of nitro benzene ring substituents is 1. The van der Waals surface area contributed by atoms with E-state index in [1.807, 2.05) is 7.05 Å². The molecule has 1 aliphatic heterocycles. The minimum absolute atomic E-state index is 0.0150. The SMILES string of the molecule is CN1CCCN(C(=O)c2cc(Cl)c(Cl)c([N+](=O)[O-])c2)CC1. The zero-order valence-electron chi connectivity index (χ0n) is 11.5. The second kappa shape index (κ2) is 6.60. The lowest BCUT2D eigenvalue weighted by Gasteiger charge is -2.20. The van der Waals surface area contributed by atoms with Crippen molar-refractivity contribution >= 4 is 34.8 Å². The number of benzene rings is 1. The number of rotatable bonds is 2. The Labute approximate surface area is 132 Å². The van der Waals surface area contributed by atoms with Gasteiger partial charge in [-0.2, -0.15) is 0 Å². The van der Waals surface area contributed by atoms with Crippen LogP contribution in [0.1, 0.15) is 16.8 Å². The highest BCUT2D eigenvalue weighted by molar-refractivity contribution is 6.43. The van der Waals surface area contributed by atoms with Gasteiger partial charge in [0.2, 0.25) is 0 Å². The van der Waals surface area contributed by atoms with Gasteiger partial charge in [0.15, 0.2) is 0 Å². The Morgan fingerprint density at radius 1 is 1.24 bits per heavy atom. The van der Waals surface area contributed by atoms with Gasteiger partial charge in [0, 0.05) is 31.3 Å². The summed E-state index contributed by atoms with van der Waals surface area (Å²) in [5.74, 6) is -0.257. The third-order valence-electron chi connectivity index (χ3n) is 3.46. The molecule has 0 N–H and O–H groups in total. The number of hydrogen-bond donors (Lipinski definition) is 0. The van der Waals surface area contributed by atoms with E-state index in [-0.39, 0.29) is 27.2 Å². The molecule has 1 amide bonds. The summed E-state index contributed by atoms with van der Waals surface area (Å²) in [7, 11) is 2.00. The van der Waals surface area contributed by atoms with Gasteiger partial charge in [0.25, 0.3) is 11.6 Å². The van der Waals surface area contributed by atoms with Crippen LogP contribution in [0, 0.1) is 10.1 Å². The van der Waals surface area contributed by atoms with Crippen LogP contribution in [0.15, 0.2) is 12.1 Å². The predicted octanol–water partition coefficient (Wildman–Crippen LogP) is 2.68. The van der Waals surface area contributed by atoms with Crippen molar-refractivity contribution in [2.75, 3.05) is 33.2 Å². The number of likely N-dealkylation sites (N-methyl/N-ethyl adjacent to an activating group) is 1. The van der Waals surface area contributed by atoms with Gasteiger partial charge in [0.05, 0.1) is 9.95 Å². The zero-order valence-corrected chi connectivity index (χ0v) is 13.0. The molecule has 1 heterocycles. The molecule has 114 valence electrons. The van der Waals surface area contributed by atoms with Crippen LogP contribution >= 0.6 is 23.2 Å². The van der Waals surface area contributed by atoms with Gasteiger partial charge in [-0.15, -0.1) is 0 Å². The Hall–Kier alpha value is -1.37. The number of nitro groups is 1. The first-order chi connectivity index (χ1) is 9.90. The summed E-state index contributed by atoms with van der Waals surface area (Å²) in [5, 5.41) is 10.8. The molecule has 1 aromatic rings. The summed E-state index contributed by atoms with van der Waals surface area (Å²) >= 11 is 11.7. The summed E-state index contributed by atoms with van der Waals surface area (Å²) in [5.41, 5.74) is -0.153. The molecule has 21 heavy (non-hydrogen) atoms. The van der Waals surface area contributed by atoms with Crippen LogP contribution in [-0.2, 0) is 0 Å². The van der Waals surface area contributed by atoms with E-state index in [1.165, 1.54) is 12.1 Å². The fourth-order valence-electron chi connectivity index (χ4n) is 2.26. The van der Waals surface area contributed by atoms with E-state index in [9.17, 15) is 14.9 Å². The number of hydrogen-bond acceptors (Lipinski definition) is 4. The van der Waals surface area contributed by atoms with E-state index in [4.69, 9.17) is 23.2 Å². The lowest BCUT2D eigenvalue weighted by atomic mass is 10.1. The molecule has 0 radical (unpaired) electrons. The average Bonchev–Trinajstić information content (AvgIpc) is 2.65. The van der Waals surface area contributed by atoms with E-state index in [2.05, 4.69) is 4.90 Å². The molecule has 1 aromatic carbocycles. The Balaban J connectivity index is 2.28. The first kappa shape index (κ1) is 16.0. The van der Waals surface area contributed by atoms with Crippen molar-refractivity contribution in [1.82, 2.24) is 9.80 Å². The lowest BCUT2D eigenvalue weighted by Crippen LogP contribution is -2.34. The van der Waals surface area contributed by atoms with Crippen molar-refractivity contribution in [2.45, 2.75) is 6.42 Å². The van der Waals surface area contributed by atoms with E-state index in [1.54, 1.807) is 4.90 Å². The Bertz CT molecular complexity index is 580. The third-order valence-corrected chi connectivity index (χ3v) is 4.25. The maximum absolute atomic E-state index is 12.5. The van der Waals surface area contributed by atoms with Crippen molar-refractivity contribution in [3.05, 3.63) is 37.9 Å². The van der Waals surface area contributed by atoms with Crippen LogP contribution in [0.25, 0.3) is 0 Å². The van der Waals surface area contributed by atoms with Crippen LogP contribution < -0.4 is 0 Å². The summed E-state index contributed by atoms with van der Waals surface area (Å²) < 4.78 is 0. The quantitative estimate of drug-likeness (QED) is 0.617. The number of nitrogens with zero attached hydrogens (tertiary/aromatic N) is 3. The molecule has 1 aliphatic rings. The first-order valence-corrected chi connectivity index (χ1v) is 7.27. The minimum Gasteiger partial charge on any atom is -0.337 e. The maximum atomic E-state index is 12.5. The zero-order chi connectivity index (χ0) is 15.6. The predicted molar refractivity (Wildman–Crippen MR) is 81.1 cm³/mol. The van der Waals surface area contributed by atoms with Crippen molar-refractivity contribution in [1.29, 1.82) is 0 Å². The minimum atomic E-state index is -0.638. The van der Waals surface area contributed by atoms with Crippen molar-refractivity contribution in [3.8, 4) is 0 Å². The van der Waals surface area contributed by atoms with E-state index < -0.39 is 4.92 Å². The molecule has 2 rings (SSSR count). The summed E-state index contributed by atoms with van der Waals surface area (Å²) in [4.78, 5) is 26.6. The molecular formula is C13H15Cl2N3O3. The maximum Gasteiger partial charge on any atom is 0.290 e. The van der Waals surface area contributed by atoms with Crippen LogP contribution in [0.5, 0.6) is 0 Å². The van der Waals surface area contributed by atoms with E-state index >= 15 is 0 Å². The number of amides is 1. The Morgan fingerprint density at radius 2 is 1.95 bits per heavy atom. The molecule has 0 aromatic heterocycles.